The number of hydrogen-bond donors (Lipinski definition) is 3. The van der Waals surface area contributed by atoms with Gasteiger partial charge in [0.2, 0.25) is 5.91 Å². The van der Waals surface area contributed by atoms with Crippen LogP contribution in [0.1, 0.15) is 62.7 Å². The highest BCUT2D eigenvalue weighted by Gasteiger charge is 2.25. The Bertz CT molecular complexity index is 655. The molecule has 1 aliphatic rings. The molecule has 0 aliphatic heterocycles. The fourth-order valence-corrected chi connectivity index (χ4v) is 3.35. The van der Waals surface area contributed by atoms with Gasteiger partial charge in [-0.05, 0) is 49.4 Å². The summed E-state index contributed by atoms with van der Waals surface area (Å²) in [5.41, 5.74) is 5.42. The second-order valence-electron chi connectivity index (χ2n) is 7.48. The molecule has 1 aromatic rings. The van der Waals surface area contributed by atoms with Crippen molar-refractivity contribution in [2.24, 2.45) is 11.8 Å². The van der Waals surface area contributed by atoms with Crippen LogP contribution in [0.25, 0.3) is 0 Å². The summed E-state index contributed by atoms with van der Waals surface area (Å²) in [6.45, 7) is 3.94. The van der Waals surface area contributed by atoms with Gasteiger partial charge in [0, 0.05) is 16.5 Å². The first-order chi connectivity index (χ1) is 12.9. The molecule has 27 heavy (non-hydrogen) atoms. The number of carbonyl (C=O) groups is 3. The third kappa shape index (κ3) is 6.86. The lowest BCUT2D eigenvalue weighted by molar-refractivity contribution is -0.132. The van der Waals surface area contributed by atoms with Crippen LogP contribution in [0.5, 0.6) is 0 Å². The van der Waals surface area contributed by atoms with E-state index in [1.54, 1.807) is 24.3 Å². The van der Waals surface area contributed by atoms with E-state index in [2.05, 4.69) is 16.2 Å². The molecule has 6 nitrogen and oxygen atoms in total. The van der Waals surface area contributed by atoms with Crippen LogP contribution in [0.2, 0.25) is 5.02 Å². The van der Waals surface area contributed by atoms with E-state index >= 15 is 0 Å². The molecule has 1 fully saturated rings. The maximum atomic E-state index is 12.5. The summed E-state index contributed by atoms with van der Waals surface area (Å²) in [6.07, 6.45) is 5.40. The van der Waals surface area contributed by atoms with Crippen LogP contribution in [0.4, 0.5) is 0 Å². The molecule has 1 aromatic carbocycles. The predicted octanol–water partition coefficient (Wildman–Crippen LogP) is 3.21. The van der Waals surface area contributed by atoms with Crippen LogP contribution in [-0.2, 0) is 9.59 Å². The molecule has 7 heteroatoms. The number of hydrazine groups is 1. The highest BCUT2D eigenvalue weighted by molar-refractivity contribution is 6.30. The van der Waals surface area contributed by atoms with Gasteiger partial charge in [-0.15, -0.1) is 0 Å². The van der Waals surface area contributed by atoms with Gasteiger partial charge in [-0.25, -0.2) is 0 Å². The molecule has 0 saturated heterocycles. The van der Waals surface area contributed by atoms with E-state index in [0.29, 0.717) is 17.0 Å². The smallest absolute Gasteiger partial charge is 0.260 e. The van der Waals surface area contributed by atoms with Crippen LogP contribution < -0.4 is 16.2 Å². The number of rotatable bonds is 6. The van der Waals surface area contributed by atoms with Crippen LogP contribution in [0, 0.1) is 11.8 Å². The van der Waals surface area contributed by atoms with E-state index in [9.17, 15) is 14.4 Å². The SMILES string of the molecule is CC(C)C[C@H](NC(=O)c1ccc(Cl)cc1)C(=O)NNC(=O)C1CCCCC1. The second-order valence-corrected chi connectivity index (χ2v) is 7.91. The van der Waals surface area contributed by atoms with Gasteiger partial charge in [0.05, 0.1) is 0 Å². The molecular formula is C20H28ClN3O3. The quantitative estimate of drug-likeness (QED) is 0.648. The lowest BCUT2D eigenvalue weighted by atomic mass is 9.89. The normalized spacial score (nSPS) is 15.9. The van der Waals surface area contributed by atoms with Gasteiger partial charge in [0.15, 0.2) is 0 Å². The summed E-state index contributed by atoms with van der Waals surface area (Å²) < 4.78 is 0. The first kappa shape index (κ1) is 21.2. The van der Waals surface area contributed by atoms with Crippen molar-refractivity contribution in [3.05, 3.63) is 34.9 Å². The molecule has 148 valence electrons. The fraction of sp³-hybridized carbons (Fsp3) is 0.550. The minimum Gasteiger partial charge on any atom is -0.340 e. The van der Waals surface area contributed by atoms with E-state index in [1.165, 1.54) is 0 Å². The van der Waals surface area contributed by atoms with Crippen LogP contribution in [0.15, 0.2) is 24.3 Å². The molecule has 3 N–H and O–H groups in total. The largest absolute Gasteiger partial charge is 0.340 e. The zero-order valence-electron chi connectivity index (χ0n) is 15.9. The molecule has 1 saturated carbocycles. The van der Waals surface area contributed by atoms with Crippen LogP contribution in [0.3, 0.4) is 0 Å². The second kappa shape index (κ2) is 10.3. The van der Waals surface area contributed by atoms with Gasteiger partial charge in [-0.2, -0.15) is 0 Å². The molecule has 0 unspecified atom stereocenters. The van der Waals surface area contributed by atoms with Crippen molar-refractivity contribution in [2.45, 2.75) is 58.4 Å². The average Bonchev–Trinajstić information content (AvgIpc) is 2.66. The van der Waals surface area contributed by atoms with E-state index in [0.717, 1.165) is 32.1 Å². The minimum atomic E-state index is -0.736. The first-order valence-corrected chi connectivity index (χ1v) is 9.90. The lowest BCUT2D eigenvalue weighted by Gasteiger charge is -2.23. The van der Waals surface area contributed by atoms with Crippen molar-refractivity contribution >= 4 is 29.3 Å². The third-order valence-corrected chi connectivity index (χ3v) is 4.97. The highest BCUT2D eigenvalue weighted by atomic mass is 35.5. The minimum absolute atomic E-state index is 0.0498. The van der Waals surface area contributed by atoms with Gasteiger partial charge >= 0.3 is 0 Å². The van der Waals surface area contributed by atoms with Crippen molar-refractivity contribution in [3.63, 3.8) is 0 Å². The van der Waals surface area contributed by atoms with Crippen molar-refractivity contribution in [1.82, 2.24) is 16.2 Å². The zero-order chi connectivity index (χ0) is 19.8. The lowest BCUT2D eigenvalue weighted by Crippen LogP contribution is -2.53. The van der Waals surface area contributed by atoms with Gasteiger partial charge in [-0.1, -0.05) is 44.7 Å². The Morgan fingerprint density at radius 2 is 1.67 bits per heavy atom. The number of amides is 3. The predicted molar refractivity (Wildman–Crippen MR) is 105 cm³/mol. The van der Waals surface area contributed by atoms with E-state index in [-0.39, 0.29) is 23.7 Å². The molecule has 3 amide bonds. The maximum absolute atomic E-state index is 12.5. The molecule has 2 rings (SSSR count). The Kier molecular flexibility index (Phi) is 8.10. The van der Waals surface area contributed by atoms with Crippen LogP contribution >= 0.6 is 11.6 Å². The summed E-state index contributed by atoms with van der Waals surface area (Å²) in [5.74, 6) is -0.789. The van der Waals surface area contributed by atoms with Crippen molar-refractivity contribution in [3.8, 4) is 0 Å². The summed E-state index contributed by atoms with van der Waals surface area (Å²) >= 11 is 5.84. The molecule has 0 aromatic heterocycles. The maximum Gasteiger partial charge on any atom is 0.260 e. The summed E-state index contributed by atoms with van der Waals surface area (Å²) in [6, 6.07) is 5.72. The van der Waals surface area contributed by atoms with Gasteiger partial charge in [0.25, 0.3) is 11.8 Å². The molecule has 1 atom stereocenters. The number of benzene rings is 1. The zero-order valence-corrected chi connectivity index (χ0v) is 16.6. The molecule has 0 bridgehead atoms. The Morgan fingerprint density at radius 1 is 1.04 bits per heavy atom. The topological polar surface area (TPSA) is 87.3 Å². The van der Waals surface area contributed by atoms with E-state index in [1.807, 2.05) is 13.8 Å². The number of hydrogen-bond acceptors (Lipinski definition) is 3. The molecule has 0 spiro atoms. The number of nitrogens with one attached hydrogen (secondary N) is 3. The van der Waals surface area contributed by atoms with Gasteiger partial charge < -0.3 is 5.32 Å². The Balaban J connectivity index is 1.93. The molecule has 0 radical (unpaired) electrons. The third-order valence-electron chi connectivity index (χ3n) is 4.72. The standard InChI is InChI=1S/C20H28ClN3O3/c1-13(2)12-17(22-18(25)15-8-10-16(21)11-9-15)20(27)24-23-19(26)14-6-4-3-5-7-14/h8-11,13-14,17H,3-7,12H2,1-2H3,(H,22,25)(H,23,26)(H,24,27)/t17-/m0/s1. The number of carbonyl (C=O) groups excluding carboxylic acids is 3. The van der Waals surface area contributed by atoms with Crippen LogP contribution in [-0.4, -0.2) is 23.8 Å². The van der Waals surface area contributed by atoms with E-state index in [4.69, 9.17) is 11.6 Å². The van der Waals surface area contributed by atoms with Gasteiger partial charge in [-0.3, -0.25) is 25.2 Å². The Labute approximate surface area is 165 Å². The van der Waals surface area contributed by atoms with Crippen molar-refractivity contribution in [2.75, 3.05) is 0 Å². The summed E-state index contributed by atoms with van der Waals surface area (Å²) in [5, 5.41) is 3.28. The summed E-state index contributed by atoms with van der Waals surface area (Å²) in [7, 11) is 0. The average molecular weight is 394 g/mol. The first-order valence-electron chi connectivity index (χ1n) is 9.53. The molecular weight excluding hydrogens is 366 g/mol. The monoisotopic (exact) mass is 393 g/mol. The fourth-order valence-electron chi connectivity index (χ4n) is 3.22. The number of halogens is 1. The molecule has 0 heterocycles. The van der Waals surface area contributed by atoms with Crippen molar-refractivity contribution < 1.29 is 14.4 Å². The Morgan fingerprint density at radius 3 is 2.26 bits per heavy atom. The van der Waals surface area contributed by atoms with Crippen molar-refractivity contribution in [1.29, 1.82) is 0 Å². The highest BCUT2D eigenvalue weighted by Crippen LogP contribution is 2.23. The Hall–Kier alpha value is -2.08. The summed E-state index contributed by atoms with van der Waals surface area (Å²) in [4.78, 5) is 37.1. The van der Waals surface area contributed by atoms with Gasteiger partial charge in [0.1, 0.15) is 6.04 Å². The molecule has 1 aliphatic carbocycles. The van der Waals surface area contributed by atoms with E-state index < -0.39 is 11.9 Å².